The van der Waals surface area contributed by atoms with Gasteiger partial charge in [-0.25, -0.2) is 0 Å². The van der Waals surface area contributed by atoms with Crippen molar-refractivity contribution in [2.75, 3.05) is 24.7 Å². The topological polar surface area (TPSA) is 21.3 Å². The van der Waals surface area contributed by atoms with Crippen molar-refractivity contribution in [1.29, 1.82) is 0 Å². The van der Waals surface area contributed by atoms with Crippen molar-refractivity contribution in [3.05, 3.63) is 0 Å². The molecule has 2 aliphatic rings. The van der Waals surface area contributed by atoms with Gasteiger partial charge in [0.05, 0.1) is 5.60 Å². The second kappa shape index (κ2) is 7.70. The van der Waals surface area contributed by atoms with Crippen LogP contribution in [0.3, 0.4) is 0 Å². The summed E-state index contributed by atoms with van der Waals surface area (Å²) in [6.07, 6.45) is 7.78. The van der Waals surface area contributed by atoms with Crippen molar-refractivity contribution >= 4 is 11.8 Å². The molecule has 2 rings (SSSR count). The Bertz CT molecular complexity index is 307. The van der Waals surface area contributed by atoms with Gasteiger partial charge in [0, 0.05) is 18.4 Å². The smallest absolute Gasteiger partial charge is 0.0783 e. The highest BCUT2D eigenvalue weighted by atomic mass is 32.2. The van der Waals surface area contributed by atoms with Crippen LogP contribution in [0.4, 0.5) is 0 Å². The summed E-state index contributed by atoms with van der Waals surface area (Å²) < 4.78 is 6.16. The average molecular weight is 314 g/mol. The van der Waals surface area contributed by atoms with E-state index in [9.17, 15) is 0 Å². The van der Waals surface area contributed by atoms with Crippen molar-refractivity contribution < 1.29 is 4.74 Å². The van der Waals surface area contributed by atoms with Gasteiger partial charge in [-0.1, -0.05) is 27.7 Å². The first-order chi connectivity index (χ1) is 9.95. The maximum absolute atomic E-state index is 6.16. The molecule has 0 aromatic carbocycles. The molecule has 124 valence electrons. The first kappa shape index (κ1) is 17.6. The molecule has 2 saturated heterocycles. The molecule has 0 amide bonds. The van der Waals surface area contributed by atoms with Crippen molar-refractivity contribution in [3.63, 3.8) is 0 Å². The molecule has 0 radical (unpaired) electrons. The molecule has 0 aliphatic carbocycles. The fourth-order valence-corrected chi connectivity index (χ4v) is 5.18. The fourth-order valence-electron chi connectivity index (χ4n) is 3.80. The molecule has 1 N–H and O–H groups in total. The zero-order valence-electron chi connectivity index (χ0n) is 14.5. The van der Waals surface area contributed by atoms with Crippen LogP contribution in [0.25, 0.3) is 0 Å². The first-order valence-corrected chi connectivity index (χ1v) is 10.1. The van der Waals surface area contributed by atoms with Crippen LogP contribution in [0, 0.1) is 11.3 Å². The second-order valence-electron chi connectivity index (χ2n) is 8.14. The summed E-state index contributed by atoms with van der Waals surface area (Å²) in [5.41, 5.74) is 0.614. The van der Waals surface area contributed by atoms with Crippen molar-refractivity contribution in [1.82, 2.24) is 5.32 Å². The number of rotatable bonds is 6. The Morgan fingerprint density at radius 3 is 2.81 bits per heavy atom. The standard InChI is InChI=1S/C18H35NOS/c1-5-10-19-16(17(2,3)4)7-6-15-8-11-20-18(13-15)9-12-21-14-18/h15-16,19H,5-14H2,1-4H3. The van der Waals surface area contributed by atoms with Gasteiger partial charge >= 0.3 is 0 Å². The van der Waals surface area contributed by atoms with Crippen molar-refractivity contribution in [3.8, 4) is 0 Å². The lowest BCUT2D eigenvalue weighted by molar-refractivity contribution is -0.0813. The summed E-state index contributed by atoms with van der Waals surface area (Å²) in [6.45, 7) is 11.5. The van der Waals surface area contributed by atoms with Gasteiger partial charge in [-0.05, 0) is 62.2 Å². The van der Waals surface area contributed by atoms with Crippen LogP contribution in [0.5, 0.6) is 0 Å². The van der Waals surface area contributed by atoms with E-state index in [1.807, 2.05) is 0 Å². The quantitative estimate of drug-likeness (QED) is 0.781. The zero-order valence-corrected chi connectivity index (χ0v) is 15.4. The van der Waals surface area contributed by atoms with Crippen LogP contribution in [0.2, 0.25) is 0 Å². The van der Waals surface area contributed by atoms with Crippen molar-refractivity contribution in [2.24, 2.45) is 11.3 Å². The second-order valence-corrected chi connectivity index (χ2v) is 9.25. The minimum Gasteiger partial charge on any atom is -0.374 e. The summed E-state index contributed by atoms with van der Waals surface area (Å²) in [7, 11) is 0. The molecule has 3 heteroatoms. The number of hydrogen-bond donors (Lipinski definition) is 1. The Morgan fingerprint density at radius 1 is 1.38 bits per heavy atom. The molecule has 1 spiro atoms. The molecule has 2 aliphatic heterocycles. The Labute approximate surface area is 136 Å². The first-order valence-electron chi connectivity index (χ1n) is 8.90. The van der Waals surface area contributed by atoms with E-state index < -0.39 is 0 Å². The van der Waals surface area contributed by atoms with E-state index in [1.54, 1.807) is 0 Å². The molecular weight excluding hydrogens is 278 g/mol. The number of thioether (sulfide) groups is 1. The van der Waals surface area contributed by atoms with Crippen LogP contribution < -0.4 is 5.32 Å². The van der Waals surface area contributed by atoms with E-state index in [0.29, 0.717) is 11.5 Å². The van der Waals surface area contributed by atoms with Crippen LogP contribution in [0.15, 0.2) is 0 Å². The number of ether oxygens (including phenoxy) is 1. The normalized spacial score (nSPS) is 31.7. The number of nitrogens with one attached hydrogen (secondary N) is 1. The highest BCUT2D eigenvalue weighted by Crippen LogP contribution is 2.42. The molecule has 3 atom stereocenters. The lowest BCUT2D eigenvalue weighted by atomic mass is 9.78. The minimum absolute atomic E-state index is 0.252. The summed E-state index contributed by atoms with van der Waals surface area (Å²) in [6, 6.07) is 0.647. The third-order valence-electron chi connectivity index (χ3n) is 5.21. The molecule has 0 aromatic heterocycles. The molecule has 2 fully saturated rings. The predicted octanol–water partition coefficient (Wildman–Crippen LogP) is 4.48. The maximum atomic E-state index is 6.16. The Hall–Kier alpha value is 0.270. The van der Waals surface area contributed by atoms with Gasteiger partial charge < -0.3 is 10.1 Å². The SMILES string of the molecule is CCCNC(CCC1CCOC2(CCSC2)C1)C(C)(C)C. The Morgan fingerprint density at radius 2 is 2.19 bits per heavy atom. The molecule has 0 bridgehead atoms. The molecule has 3 unspecified atom stereocenters. The van der Waals surface area contributed by atoms with E-state index in [1.165, 1.54) is 50.0 Å². The molecule has 0 aromatic rings. The highest BCUT2D eigenvalue weighted by molar-refractivity contribution is 7.99. The fraction of sp³-hybridized carbons (Fsp3) is 1.00. The molecule has 2 heterocycles. The average Bonchev–Trinajstić information content (AvgIpc) is 2.85. The van der Waals surface area contributed by atoms with E-state index in [4.69, 9.17) is 4.74 Å². The van der Waals surface area contributed by atoms with Crippen LogP contribution in [-0.4, -0.2) is 36.3 Å². The van der Waals surface area contributed by atoms with Gasteiger partial charge in [-0.3, -0.25) is 0 Å². The summed E-state index contributed by atoms with van der Waals surface area (Å²) >= 11 is 2.08. The van der Waals surface area contributed by atoms with Crippen LogP contribution in [-0.2, 0) is 4.74 Å². The van der Waals surface area contributed by atoms with E-state index in [0.717, 1.165) is 19.1 Å². The van der Waals surface area contributed by atoms with Gasteiger partial charge in [0.2, 0.25) is 0 Å². The lowest BCUT2D eigenvalue weighted by Gasteiger charge is -2.39. The Balaban J connectivity index is 1.82. The van der Waals surface area contributed by atoms with E-state index in [-0.39, 0.29) is 5.60 Å². The zero-order chi connectivity index (χ0) is 15.3. The molecule has 2 nitrogen and oxygen atoms in total. The third kappa shape index (κ3) is 5.14. The monoisotopic (exact) mass is 313 g/mol. The lowest BCUT2D eigenvalue weighted by Crippen LogP contribution is -2.43. The summed E-state index contributed by atoms with van der Waals surface area (Å²) in [5, 5.41) is 3.77. The van der Waals surface area contributed by atoms with Gasteiger partial charge in [0.15, 0.2) is 0 Å². The van der Waals surface area contributed by atoms with Crippen LogP contribution >= 0.6 is 11.8 Å². The molecule has 21 heavy (non-hydrogen) atoms. The highest BCUT2D eigenvalue weighted by Gasteiger charge is 2.40. The largest absolute Gasteiger partial charge is 0.374 e. The van der Waals surface area contributed by atoms with E-state index >= 15 is 0 Å². The summed E-state index contributed by atoms with van der Waals surface area (Å²) in [4.78, 5) is 0. The predicted molar refractivity (Wildman–Crippen MR) is 94.1 cm³/mol. The van der Waals surface area contributed by atoms with Gasteiger partial charge in [-0.2, -0.15) is 11.8 Å². The van der Waals surface area contributed by atoms with Gasteiger partial charge in [0.25, 0.3) is 0 Å². The Kier molecular flexibility index (Phi) is 6.46. The molecular formula is C18H35NOS. The molecule has 0 saturated carbocycles. The summed E-state index contributed by atoms with van der Waals surface area (Å²) in [5.74, 6) is 3.42. The van der Waals surface area contributed by atoms with Crippen LogP contribution in [0.1, 0.15) is 66.2 Å². The minimum atomic E-state index is 0.252. The van der Waals surface area contributed by atoms with Gasteiger partial charge in [-0.15, -0.1) is 0 Å². The van der Waals surface area contributed by atoms with Gasteiger partial charge in [0.1, 0.15) is 0 Å². The maximum Gasteiger partial charge on any atom is 0.0783 e. The van der Waals surface area contributed by atoms with Crippen molar-refractivity contribution in [2.45, 2.75) is 77.9 Å². The van der Waals surface area contributed by atoms with E-state index in [2.05, 4.69) is 44.8 Å². The number of hydrogen-bond acceptors (Lipinski definition) is 3. The third-order valence-corrected chi connectivity index (χ3v) is 6.43.